The molecular formula is C15H12O2. The SMILES string of the molecule is O=C(/C=C\c1ccccc1)c1ccc(O)cc1. The average Bonchev–Trinajstić information content (AvgIpc) is 2.38. The summed E-state index contributed by atoms with van der Waals surface area (Å²) in [6.45, 7) is 0. The topological polar surface area (TPSA) is 37.3 Å². The van der Waals surface area contributed by atoms with E-state index in [1.165, 1.54) is 18.2 Å². The number of carbonyl (C=O) groups excluding carboxylic acids is 1. The Morgan fingerprint density at radius 3 is 2.24 bits per heavy atom. The molecule has 0 aliphatic carbocycles. The van der Waals surface area contributed by atoms with Crippen LogP contribution in [0.25, 0.3) is 6.08 Å². The lowest BCUT2D eigenvalue weighted by Gasteiger charge is -1.96. The number of hydrogen-bond donors (Lipinski definition) is 1. The molecule has 0 saturated heterocycles. The molecule has 0 radical (unpaired) electrons. The van der Waals surface area contributed by atoms with E-state index in [-0.39, 0.29) is 11.5 Å². The maximum Gasteiger partial charge on any atom is 0.185 e. The van der Waals surface area contributed by atoms with Crippen molar-refractivity contribution in [1.29, 1.82) is 0 Å². The molecule has 0 saturated carbocycles. The Kier molecular flexibility index (Phi) is 3.36. The Bertz CT molecular complexity index is 525. The zero-order chi connectivity index (χ0) is 12.1. The van der Waals surface area contributed by atoms with Gasteiger partial charge in [0.05, 0.1) is 0 Å². The van der Waals surface area contributed by atoms with Crippen molar-refractivity contribution >= 4 is 11.9 Å². The maximum absolute atomic E-state index is 11.8. The van der Waals surface area contributed by atoms with Crippen molar-refractivity contribution in [2.75, 3.05) is 0 Å². The molecule has 0 amide bonds. The minimum Gasteiger partial charge on any atom is -0.508 e. The molecule has 2 nitrogen and oxygen atoms in total. The van der Waals surface area contributed by atoms with E-state index in [4.69, 9.17) is 5.11 Å². The van der Waals surface area contributed by atoms with Gasteiger partial charge in [-0.3, -0.25) is 4.79 Å². The monoisotopic (exact) mass is 224 g/mol. The lowest BCUT2D eigenvalue weighted by atomic mass is 10.1. The largest absolute Gasteiger partial charge is 0.508 e. The Labute approximate surface area is 99.8 Å². The molecule has 1 N–H and O–H groups in total. The van der Waals surface area contributed by atoms with Crippen LogP contribution in [0.2, 0.25) is 0 Å². The fourth-order valence-corrected chi connectivity index (χ4v) is 1.46. The number of allylic oxidation sites excluding steroid dienone is 1. The van der Waals surface area contributed by atoms with Gasteiger partial charge in [0.1, 0.15) is 5.75 Å². The summed E-state index contributed by atoms with van der Waals surface area (Å²) in [7, 11) is 0. The average molecular weight is 224 g/mol. The number of phenolic OH excluding ortho intramolecular Hbond substituents is 1. The second-order valence-electron chi connectivity index (χ2n) is 3.66. The highest BCUT2D eigenvalue weighted by molar-refractivity contribution is 6.06. The van der Waals surface area contributed by atoms with Crippen LogP contribution < -0.4 is 0 Å². The molecule has 2 aromatic carbocycles. The van der Waals surface area contributed by atoms with Crippen LogP contribution in [0.5, 0.6) is 5.75 Å². The number of benzene rings is 2. The van der Waals surface area contributed by atoms with Crippen molar-refractivity contribution in [3.05, 3.63) is 71.8 Å². The summed E-state index contributed by atoms with van der Waals surface area (Å²) in [6, 6.07) is 15.9. The second kappa shape index (κ2) is 5.12. The van der Waals surface area contributed by atoms with Gasteiger partial charge >= 0.3 is 0 Å². The molecule has 17 heavy (non-hydrogen) atoms. The predicted octanol–water partition coefficient (Wildman–Crippen LogP) is 3.29. The number of ketones is 1. The molecule has 2 aromatic rings. The lowest BCUT2D eigenvalue weighted by molar-refractivity contribution is 0.104. The molecule has 84 valence electrons. The van der Waals surface area contributed by atoms with E-state index in [9.17, 15) is 4.79 Å². The number of carbonyl (C=O) groups is 1. The summed E-state index contributed by atoms with van der Waals surface area (Å²) >= 11 is 0. The van der Waals surface area contributed by atoms with Gasteiger partial charge in [-0.05, 0) is 35.9 Å². The van der Waals surface area contributed by atoms with Crippen LogP contribution in [0.1, 0.15) is 15.9 Å². The van der Waals surface area contributed by atoms with Gasteiger partial charge in [-0.25, -0.2) is 0 Å². The van der Waals surface area contributed by atoms with Crippen LogP contribution in [0, 0.1) is 0 Å². The van der Waals surface area contributed by atoms with Crippen LogP contribution in [0.15, 0.2) is 60.7 Å². The van der Waals surface area contributed by atoms with Crippen LogP contribution in [0.4, 0.5) is 0 Å². The molecule has 0 fully saturated rings. The molecule has 0 spiro atoms. The van der Waals surface area contributed by atoms with E-state index in [0.717, 1.165) is 5.56 Å². The molecule has 0 unspecified atom stereocenters. The van der Waals surface area contributed by atoms with Crippen LogP contribution >= 0.6 is 0 Å². The lowest BCUT2D eigenvalue weighted by Crippen LogP contribution is -1.92. The van der Waals surface area contributed by atoms with Crippen LogP contribution in [-0.4, -0.2) is 10.9 Å². The normalized spacial score (nSPS) is 10.6. The van der Waals surface area contributed by atoms with E-state index >= 15 is 0 Å². The van der Waals surface area contributed by atoms with Gasteiger partial charge in [-0.2, -0.15) is 0 Å². The minimum absolute atomic E-state index is 0.0751. The molecule has 0 heterocycles. The number of phenols is 1. The molecule has 0 aliphatic rings. The second-order valence-corrected chi connectivity index (χ2v) is 3.66. The van der Waals surface area contributed by atoms with Crippen molar-refractivity contribution in [3.63, 3.8) is 0 Å². The summed E-state index contributed by atoms with van der Waals surface area (Å²) in [5.41, 5.74) is 1.55. The third-order valence-corrected chi connectivity index (χ3v) is 2.38. The smallest absolute Gasteiger partial charge is 0.185 e. The number of aromatic hydroxyl groups is 1. The quantitative estimate of drug-likeness (QED) is 0.641. The van der Waals surface area contributed by atoms with E-state index in [1.54, 1.807) is 18.2 Å². The van der Waals surface area contributed by atoms with E-state index in [0.29, 0.717) is 5.56 Å². The summed E-state index contributed by atoms with van der Waals surface area (Å²) < 4.78 is 0. The fraction of sp³-hybridized carbons (Fsp3) is 0. The van der Waals surface area contributed by atoms with E-state index in [2.05, 4.69) is 0 Å². The van der Waals surface area contributed by atoms with Crippen molar-refractivity contribution < 1.29 is 9.90 Å². The van der Waals surface area contributed by atoms with Gasteiger partial charge in [-0.15, -0.1) is 0 Å². The molecule has 0 atom stereocenters. The highest BCUT2D eigenvalue weighted by Crippen LogP contribution is 2.11. The first kappa shape index (κ1) is 11.1. The first-order valence-electron chi connectivity index (χ1n) is 5.32. The number of rotatable bonds is 3. The molecule has 0 aromatic heterocycles. The Balaban J connectivity index is 2.12. The predicted molar refractivity (Wildman–Crippen MR) is 67.9 cm³/mol. The molecular weight excluding hydrogens is 212 g/mol. The highest BCUT2D eigenvalue weighted by Gasteiger charge is 2.00. The minimum atomic E-state index is -0.0751. The van der Waals surface area contributed by atoms with Gasteiger partial charge in [0.2, 0.25) is 0 Å². The summed E-state index contributed by atoms with van der Waals surface area (Å²) in [5, 5.41) is 9.12. The third-order valence-electron chi connectivity index (χ3n) is 2.38. The zero-order valence-electron chi connectivity index (χ0n) is 9.21. The first-order valence-corrected chi connectivity index (χ1v) is 5.32. The standard InChI is InChI=1S/C15H12O2/c16-14-9-7-13(8-10-14)15(17)11-6-12-4-2-1-3-5-12/h1-11,16H/b11-6-. The van der Waals surface area contributed by atoms with Gasteiger partial charge < -0.3 is 5.11 Å². The van der Waals surface area contributed by atoms with E-state index in [1.807, 2.05) is 30.3 Å². The van der Waals surface area contributed by atoms with E-state index < -0.39 is 0 Å². The van der Waals surface area contributed by atoms with Crippen molar-refractivity contribution in [2.24, 2.45) is 0 Å². The Hall–Kier alpha value is -2.35. The van der Waals surface area contributed by atoms with Gasteiger partial charge in [0.25, 0.3) is 0 Å². The van der Waals surface area contributed by atoms with Crippen molar-refractivity contribution in [2.45, 2.75) is 0 Å². The molecule has 0 bridgehead atoms. The molecule has 2 heteroatoms. The highest BCUT2D eigenvalue weighted by atomic mass is 16.3. The van der Waals surface area contributed by atoms with Gasteiger partial charge in [0, 0.05) is 5.56 Å². The van der Waals surface area contributed by atoms with Crippen LogP contribution in [0.3, 0.4) is 0 Å². The summed E-state index contributed by atoms with van der Waals surface area (Å²) in [5.74, 6) is 0.0856. The van der Waals surface area contributed by atoms with Crippen molar-refractivity contribution in [3.8, 4) is 5.75 Å². The fourth-order valence-electron chi connectivity index (χ4n) is 1.46. The molecule has 2 rings (SSSR count). The first-order chi connectivity index (χ1) is 8.25. The summed E-state index contributed by atoms with van der Waals surface area (Å²) in [4.78, 5) is 11.8. The zero-order valence-corrected chi connectivity index (χ0v) is 9.21. The Morgan fingerprint density at radius 1 is 0.941 bits per heavy atom. The number of hydrogen-bond acceptors (Lipinski definition) is 2. The van der Waals surface area contributed by atoms with Gasteiger partial charge in [0.15, 0.2) is 5.78 Å². The Morgan fingerprint density at radius 2 is 1.59 bits per heavy atom. The van der Waals surface area contributed by atoms with Crippen molar-refractivity contribution in [1.82, 2.24) is 0 Å². The third kappa shape index (κ3) is 3.05. The molecule has 0 aliphatic heterocycles. The maximum atomic E-state index is 11.8. The van der Waals surface area contributed by atoms with Gasteiger partial charge in [-0.1, -0.05) is 36.4 Å². The van der Waals surface area contributed by atoms with Crippen LogP contribution in [-0.2, 0) is 0 Å². The summed E-state index contributed by atoms with van der Waals surface area (Å²) in [6.07, 6.45) is 3.30.